The van der Waals surface area contributed by atoms with E-state index in [2.05, 4.69) is 59.4 Å². The number of pyridine rings is 1. The second-order valence-electron chi connectivity index (χ2n) is 4.82. The van der Waals surface area contributed by atoms with Crippen molar-refractivity contribution in [2.24, 2.45) is 4.99 Å². The van der Waals surface area contributed by atoms with Crippen molar-refractivity contribution >= 4 is 17.0 Å². The lowest BCUT2D eigenvalue weighted by atomic mass is 10.0. The van der Waals surface area contributed by atoms with Crippen LogP contribution in [-0.2, 0) is 0 Å². The predicted octanol–water partition coefficient (Wildman–Crippen LogP) is 4.41. The highest BCUT2D eigenvalue weighted by Crippen LogP contribution is 2.22. The maximum Gasteiger partial charge on any atom is 0.0808 e. The van der Waals surface area contributed by atoms with Crippen molar-refractivity contribution < 1.29 is 0 Å². The summed E-state index contributed by atoms with van der Waals surface area (Å²) < 4.78 is 0. The van der Waals surface area contributed by atoms with Gasteiger partial charge in [0, 0.05) is 12.4 Å². The lowest BCUT2D eigenvalue weighted by Gasteiger charge is -2.08. The summed E-state index contributed by atoms with van der Waals surface area (Å²) in [4.78, 5) is 8.83. The molecule has 0 aliphatic heterocycles. The fourth-order valence-electron chi connectivity index (χ4n) is 2.19. The molecule has 0 unspecified atom stereocenters. The van der Waals surface area contributed by atoms with Crippen molar-refractivity contribution in [3.8, 4) is 0 Å². The van der Waals surface area contributed by atoms with Gasteiger partial charge in [0.15, 0.2) is 0 Å². The molecular weight excluding hydrogens is 244 g/mol. The monoisotopic (exact) mass is 260 g/mol. The number of benzene rings is 2. The molecule has 0 saturated heterocycles. The van der Waals surface area contributed by atoms with E-state index in [-0.39, 0.29) is 6.04 Å². The molecule has 3 aromatic rings. The number of hydrogen-bond donors (Lipinski definition) is 0. The van der Waals surface area contributed by atoms with Crippen molar-refractivity contribution in [2.45, 2.75) is 13.0 Å². The molecule has 0 aliphatic rings. The molecule has 0 N–H and O–H groups in total. The summed E-state index contributed by atoms with van der Waals surface area (Å²) in [6, 6.07) is 20.8. The Morgan fingerprint density at radius 2 is 1.75 bits per heavy atom. The van der Waals surface area contributed by atoms with E-state index in [0.717, 1.165) is 5.69 Å². The molecule has 0 saturated carbocycles. The summed E-state index contributed by atoms with van der Waals surface area (Å²) in [6.45, 7) is 2.10. The molecule has 98 valence electrons. The Balaban J connectivity index is 1.85. The third-order valence-electron chi connectivity index (χ3n) is 3.37. The first-order valence-corrected chi connectivity index (χ1v) is 6.76. The second-order valence-corrected chi connectivity index (χ2v) is 4.82. The quantitative estimate of drug-likeness (QED) is 0.640. The Morgan fingerprint density at radius 3 is 2.55 bits per heavy atom. The molecular formula is C18H16N2. The van der Waals surface area contributed by atoms with Crippen LogP contribution in [0.4, 0.5) is 0 Å². The third-order valence-corrected chi connectivity index (χ3v) is 3.37. The van der Waals surface area contributed by atoms with Crippen LogP contribution >= 0.6 is 0 Å². The molecule has 0 radical (unpaired) electrons. The number of nitrogens with zero attached hydrogens (tertiary/aromatic N) is 2. The normalized spacial score (nSPS) is 12.8. The smallest absolute Gasteiger partial charge is 0.0808 e. The Hall–Kier alpha value is -2.48. The first kappa shape index (κ1) is 12.5. The van der Waals surface area contributed by atoms with Crippen LogP contribution in [0.15, 0.2) is 71.9 Å². The van der Waals surface area contributed by atoms with Crippen LogP contribution in [0.25, 0.3) is 10.8 Å². The zero-order valence-corrected chi connectivity index (χ0v) is 11.4. The van der Waals surface area contributed by atoms with Crippen molar-refractivity contribution in [3.05, 3.63) is 78.1 Å². The minimum absolute atomic E-state index is 0.126. The molecule has 0 spiro atoms. The second kappa shape index (κ2) is 5.66. The van der Waals surface area contributed by atoms with E-state index in [1.54, 1.807) is 6.20 Å². The van der Waals surface area contributed by atoms with Gasteiger partial charge < -0.3 is 0 Å². The van der Waals surface area contributed by atoms with Crippen LogP contribution in [0.2, 0.25) is 0 Å². The molecule has 0 aliphatic carbocycles. The van der Waals surface area contributed by atoms with Gasteiger partial charge in [-0.25, -0.2) is 0 Å². The van der Waals surface area contributed by atoms with Crippen molar-refractivity contribution in [3.63, 3.8) is 0 Å². The molecule has 0 fully saturated rings. The highest BCUT2D eigenvalue weighted by molar-refractivity contribution is 5.83. The van der Waals surface area contributed by atoms with Gasteiger partial charge in [0.2, 0.25) is 0 Å². The first-order valence-electron chi connectivity index (χ1n) is 6.76. The van der Waals surface area contributed by atoms with E-state index in [9.17, 15) is 0 Å². The summed E-state index contributed by atoms with van der Waals surface area (Å²) >= 11 is 0. The third kappa shape index (κ3) is 2.75. The van der Waals surface area contributed by atoms with Crippen LogP contribution in [-0.4, -0.2) is 11.2 Å². The van der Waals surface area contributed by atoms with E-state index >= 15 is 0 Å². The molecule has 2 nitrogen and oxygen atoms in total. The summed E-state index contributed by atoms with van der Waals surface area (Å²) in [6.07, 6.45) is 3.61. The zero-order chi connectivity index (χ0) is 13.8. The Kier molecular flexibility index (Phi) is 3.55. The van der Waals surface area contributed by atoms with E-state index < -0.39 is 0 Å². The van der Waals surface area contributed by atoms with Gasteiger partial charge in [0.1, 0.15) is 0 Å². The van der Waals surface area contributed by atoms with Gasteiger partial charge >= 0.3 is 0 Å². The number of rotatable bonds is 3. The molecule has 1 aromatic heterocycles. The number of aromatic nitrogens is 1. The van der Waals surface area contributed by atoms with Gasteiger partial charge in [-0.05, 0) is 41.5 Å². The maximum atomic E-state index is 4.58. The lowest BCUT2D eigenvalue weighted by Crippen LogP contribution is -1.92. The highest BCUT2D eigenvalue weighted by atomic mass is 14.8. The van der Waals surface area contributed by atoms with Crippen LogP contribution in [0, 0.1) is 0 Å². The minimum atomic E-state index is 0.126. The Morgan fingerprint density at radius 1 is 0.950 bits per heavy atom. The van der Waals surface area contributed by atoms with Crippen LogP contribution in [0.5, 0.6) is 0 Å². The van der Waals surface area contributed by atoms with Gasteiger partial charge in [-0.1, -0.05) is 42.5 Å². The number of hydrogen-bond acceptors (Lipinski definition) is 2. The van der Waals surface area contributed by atoms with Gasteiger partial charge in [-0.3, -0.25) is 9.98 Å². The largest absolute Gasteiger partial charge is 0.283 e. The molecule has 0 bridgehead atoms. The number of aliphatic imine (C=N–C) groups is 1. The topological polar surface area (TPSA) is 25.2 Å². The summed E-state index contributed by atoms with van der Waals surface area (Å²) in [7, 11) is 0. The Labute approximate surface area is 118 Å². The van der Waals surface area contributed by atoms with E-state index in [1.807, 2.05) is 24.4 Å². The summed E-state index contributed by atoms with van der Waals surface area (Å²) in [5.41, 5.74) is 2.11. The zero-order valence-electron chi connectivity index (χ0n) is 11.4. The van der Waals surface area contributed by atoms with Crippen LogP contribution < -0.4 is 0 Å². The highest BCUT2D eigenvalue weighted by Gasteiger charge is 2.03. The van der Waals surface area contributed by atoms with E-state index in [1.165, 1.54) is 16.3 Å². The fourth-order valence-corrected chi connectivity index (χ4v) is 2.19. The molecule has 20 heavy (non-hydrogen) atoms. The molecule has 1 heterocycles. The average molecular weight is 260 g/mol. The first-order chi connectivity index (χ1) is 9.83. The Bertz CT molecular complexity index is 733. The van der Waals surface area contributed by atoms with Crippen molar-refractivity contribution in [1.29, 1.82) is 0 Å². The molecule has 3 rings (SSSR count). The molecule has 1 atom stereocenters. The fraction of sp³-hybridized carbons (Fsp3) is 0.111. The standard InChI is InChI=1S/C18H16N2/c1-14(20-13-18-8-4-5-11-19-18)16-10-9-15-6-2-3-7-17(15)12-16/h2-14H,1H3/t14-/m0/s1. The molecule has 2 heteroatoms. The molecule has 2 aromatic carbocycles. The maximum absolute atomic E-state index is 4.58. The molecule has 0 amide bonds. The SMILES string of the molecule is C[C@H](N=Cc1ccccn1)c1ccc2ccccc2c1. The van der Waals surface area contributed by atoms with Gasteiger partial charge in [0.25, 0.3) is 0 Å². The van der Waals surface area contributed by atoms with Crippen molar-refractivity contribution in [2.75, 3.05) is 0 Å². The van der Waals surface area contributed by atoms with E-state index in [4.69, 9.17) is 0 Å². The van der Waals surface area contributed by atoms with Crippen molar-refractivity contribution in [1.82, 2.24) is 4.98 Å². The van der Waals surface area contributed by atoms with Crippen LogP contribution in [0.3, 0.4) is 0 Å². The lowest BCUT2D eigenvalue weighted by molar-refractivity contribution is 0.826. The van der Waals surface area contributed by atoms with Gasteiger partial charge in [-0.15, -0.1) is 0 Å². The van der Waals surface area contributed by atoms with Gasteiger partial charge in [-0.2, -0.15) is 0 Å². The van der Waals surface area contributed by atoms with Gasteiger partial charge in [0.05, 0.1) is 11.7 Å². The summed E-state index contributed by atoms with van der Waals surface area (Å²) in [5, 5.41) is 2.52. The average Bonchev–Trinajstić information content (AvgIpc) is 2.53. The predicted molar refractivity (Wildman–Crippen MR) is 84.2 cm³/mol. The number of fused-ring (bicyclic) bond motifs is 1. The van der Waals surface area contributed by atoms with E-state index in [0.29, 0.717) is 0 Å². The minimum Gasteiger partial charge on any atom is -0.283 e. The van der Waals surface area contributed by atoms with Crippen LogP contribution in [0.1, 0.15) is 24.2 Å². The summed E-state index contributed by atoms with van der Waals surface area (Å²) in [5.74, 6) is 0.